The molecule has 1 aromatic heterocycles. The van der Waals surface area contributed by atoms with E-state index >= 15 is 0 Å². The standard InChI is InChI=1S/C26H20Cl3N3O5S/c1-13-8-15(14(2)32(13)17-5-7-20(28)21(29)11-17)9-22-24(34)31(26(36)38-22)12-23(33)30-16-4-6-19(27)18(10-16)25(35)37-3/h4-11H,12H2,1-3H3,(H,30,33)/b22-9-. The molecule has 1 saturated heterocycles. The number of nitrogens with zero attached hydrogens (tertiary/aromatic N) is 2. The van der Waals surface area contributed by atoms with E-state index in [0.29, 0.717) is 10.0 Å². The van der Waals surface area contributed by atoms with Gasteiger partial charge in [-0.3, -0.25) is 19.3 Å². The molecule has 0 unspecified atom stereocenters. The second-order valence-corrected chi connectivity index (χ2v) is 10.5. The number of hydrogen-bond acceptors (Lipinski definition) is 6. The second kappa shape index (κ2) is 11.2. The molecule has 1 fully saturated rings. The molecule has 0 bridgehead atoms. The number of thioether (sulfide) groups is 1. The van der Waals surface area contributed by atoms with Crippen LogP contribution in [0.25, 0.3) is 11.8 Å². The SMILES string of the molecule is COC(=O)c1cc(NC(=O)CN2C(=O)S/C(=C\c3cc(C)n(-c4ccc(Cl)c(Cl)c4)c3C)C2=O)ccc1Cl. The fourth-order valence-corrected chi connectivity index (χ4v) is 5.26. The molecule has 8 nitrogen and oxygen atoms in total. The molecule has 1 aliphatic rings. The Hall–Kier alpha value is -3.24. The number of aryl methyl sites for hydroxylation is 1. The van der Waals surface area contributed by atoms with Gasteiger partial charge in [-0.15, -0.1) is 0 Å². The van der Waals surface area contributed by atoms with Crippen LogP contribution in [0.3, 0.4) is 0 Å². The number of benzene rings is 2. The lowest BCUT2D eigenvalue weighted by Gasteiger charge is -2.13. The first-order valence-corrected chi connectivity index (χ1v) is 13.0. The van der Waals surface area contributed by atoms with Crippen LogP contribution in [0.4, 0.5) is 10.5 Å². The molecule has 38 heavy (non-hydrogen) atoms. The minimum absolute atomic E-state index is 0.0690. The van der Waals surface area contributed by atoms with Gasteiger partial charge in [0.25, 0.3) is 11.1 Å². The minimum Gasteiger partial charge on any atom is -0.465 e. The van der Waals surface area contributed by atoms with Gasteiger partial charge in [0, 0.05) is 22.8 Å². The predicted octanol–water partition coefficient (Wildman–Crippen LogP) is 6.52. The van der Waals surface area contributed by atoms with E-state index in [2.05, 4.69) is 10.1 Å². The van der Waals surface area contributed by atoms with Gasteiger partial charge >= 0.3 is 5.97 Å². The lowest BCUT2D eigenvalue weighted by molar-refractivity contribution is -0.127. The second-order valence-electron chi connectivity index (χ2n) is 8.26. The lowest BCUT2D eigenvalue weighted by atomic mass is 10.2. The highest BCUT2D eigenvalue weighted by atomic mass is 35.5. The fraction of sp³-hybridized carbons (Fsp3) is 0.154. The number of imide groups is 1. The average Bonchev–Trinajstić information content (AvgIpc) is 3.30. The molecule has 0 saturated carbocycles. The van der Waals surface area contributed by atoms with E-state index in [9.17, 15) is 19.2 Å². The number of amides is 3. The highest BCUT2D eigenvalue weighted by molar-refractivity contribution is 8.18. The van der Waals surface area contributed by atoms with Crippen LogP contribution in [0.1, 0.15) is 27.3 Å². The van der Waals surface area contributed by atoms with Gasteiger partial charge in [-0.1, -0.05) is 34.8 Å². The zero-order valence-corrected chi connectivity index (χ0v) is 23.4. The molecule has 196 valence electrons. The quantitative estimate of drug-likeness (QED) is 0.259. The average molecular weight is 593 g/mol. The number of halogens is 3. The minimum atomic E-state index is -0.666. The van der Waals surface area contributed by atoms with Crippen molar-refractivity contribution in [3.63, 3.8) is 0 Å². The number of carbonyl (C=O) groups excluding carboxylic acids is 4. The van der Waals surface area contributed by atoms with Crippen LogP contribution in [0.15, 0.2) is 47.4 Å². The third-order valence-electron chi connectivity index (χ3n) is 5.75. The van der Waals surface area contributed by atoms with Crippen LogP contribution in [0.2, 0.25) is 15.1 Å². The first kappa shape index (κ1) is 27.8. The van der Waals surface area contributed by atoms with E-state index in [1.165, 1.54) is 25.3 Å². The Bertz CT molecular complexity index is 1530. The van der Waals surface area contributed by atoms with E-state index < -0.39 is 29.6 Å². The lowest BCUT2D eigenvalue weighted by Crippen LogP contribution is -2.36. The van der Waals surface area contributed by atoms with Gasteiger partial charge in [0.1, 0.15) is 6.54 Å². The zero-order valence-electron chi connectivity index (χ0n) is 20.3. The summed E-state index contributed by atoms with van der Waals surface area (Å²) in [7, 11) is 1.21. The van der Waals surface area contributed by atoms with Gasteiger partial charge in [0.2, 0.25) is 5.91 Å². The van der Waals surface area contributed by atoms with Crippen molar-refractivity contribution >= 4 is 81.4 Å². The van der Waals surface area contributed by atoms with Crippen molar-refractivity contribution in [1.82, 2.24) is 9.47 Å². The number of nitrogens with one attached hydrogen (secondary N) is 1. The molecule has 3 aromatic rings. The Labute approximate surface area is 237 Å². The first-order chi connectivity index (χ1) is 18.0. The van der Waals surface area contributed by atoms with Gasteiger partial charge in [0.15, 0.2) is 0 Å². The number of anilines is 1. The van der Waals surface area contributed by atoms with Crippen LogP contribution in [-0.2, 0) is 14.3 Å². The topological polar surface area (TPSA) is 97.7 Å². The molecular formula is C26H20Cl3N3O5S. The zero-order chi connectivity index (χ0) is 27.7. The summed E-state index contributed by atoms with van der Waals surface area (Å²) in [5.41, 5.74) is 3.59. The smallest absolute Gasteiger partial charge is 0.339 e. The normalized spacial score (nSPS) is 14.4. The van der Waals surface area contributed by atoms with Crippen LogP contribution in [-0.4, -0.2) is 46.1 Å². The van der Waals surface area contributed by atoms with Crippen LogP contribution in [0, 0.1) is 13.8 Å². The summed E-state index contributed by atoms with van der Waals surface area (Å²) in [4.78, 5) is 51.1. The maximum Gasteiger partial charge on any atom is 0.339 e. The van der Waals surface area contributed by atoms with E-state index in [0.717, 1.165) is 39.3 Å². The molecule has 0 aliphatic carbocycles. The maximum atomic E-state index is 13.0. The third kappa shape index (κ3) is 5.61. The molecule has 1 N–H and O–H groups in total. The van der Waals surface area contributed by atoms with Crippen LogP contribution < -0.4 is 5.32 Å². The highest BCUT2D eigenvalue weighted by Crippen LogP contribution is 2.34. The van der Waals surface area contributed by atoms with Crippen LogP contribution >= 0.6 is 46.6 Å². The number of methoxy groups -OCH3 is 1. The van der Waals surface area contributed by atoms with Crippen molar-refractivity contribution in [2.45, 2.75) is 13.8 Å². The van der Waals surface area contributed by atoms with Gasteiger partial charge in [-0.2, -0.15) is 0 Å². The summed E-state index contributed by atoms with van der Waals surface area (Å²) < 4.78 is 6.63. The molecule has 3 amide bonds. The summed E-state index contributed by atoms with van der Waals surface area (Å²) in [5.74, 6) is -1.87. The summed E-state index contributed by atoms with van der Waals surface area (Å²) in [6.07, 6.45) is 1.63. The van der Waals surface area contributed by atoms with E-state index in [4.69, 9.17) is 34.8 Å². The number of esters is 1. The van der Waals surface area contributed by atoms with Gasteiger partial charge < -0.3 is 14.6 Å². The molecule has 12 heteroatoms. The number of ether oxygens (including phenoxy) is 1. The summed E-state index contributed by atoms with van der Waals surface area (Å²) in [6, 6.07) is 11.4. The Morgan fingerprint density at radius 3 is 2.39 bits per heavy atom. The molecule has 0 radical (unpaired) electrons. The van der Waals surface area contributed by atoms with Gasteiger partial charge in [0.05, 0.1) is 32.6 Å². The fourth-order valence-electron chi connectivity index (χ4n) is 3.95. The molecule has 2 aromatic carbocycles. The third-order valence-corrected chi connectivity index (χ3v) is 7.73. The monoisotopic (exact) mass is 591 g/mol. The Morgan fingerprint density at radius 2 is 1.71 bits per heavy atom. The van der Waals surface area contributed by atoms with Gasteiger partial charge in [-0.25, -0.2) is 4.79 Å². The van der Waals surface area contributed by atoms with Crippen molar-refractivity contribution in [3.8, 4) is 5.69 Å². The molecule has 0 spiro atoms. The number of aromatic nitrogens is 1. The van der Waals surface area contributed by atoms with Crippen molar-refractivity contribution in [2.75, 3.05) is 19.0 Å². The van der Waals surface area contributed by atoms with E-state index in [1.807, 2.05) is 30.5 Å². The Morgan fingerprint density at radius 1 is 1.00 bits per heavy atom. The summed E-state index contributed by atoms with van der Waals surface area (Å²) in [5, 5.41) is 3.01. The van der Waals surface area contributed by atoms with Crippen molar-refractivity contribution < 1.29 is 23.9 Å². The maximum absolute atomic E-state index is 13.0. The van der Waals surface area contributed by atoms with Crippen LogP contribution in [0.5, 0.6) is 0 Å². The number of hydrogen-bond donors (Lipinski definition) is 1. The first-order valence-electron chi connectivity index (χ1n) is 11.1. The molecular weight excluding hydrogens is 573 g/mol. The Balaban J connectivity index is 1.51. The van der Waals surface area contributed by atoms with E-state index in [-0.39, 0.29) is 21.2 Å². The molecule has 2 heterocycles. The van der Waals surface area contributed by atoms with Crippen molar-refractivity contribution in [3.05, 3.63) is 85.0 Å². The largest absolute Gasteiger partial charge is 0.465 e. The summed E-state index contributed by atoms with van der Waals surface area (Å²) in [6.45, 7) is 3.29. The Kier molecular flexibility index (Phi) is 8.22. The number of carbonyl (C=O) groups is 4. The van der Waals surface area contributed by atoms with Crippen molar-refractivity contribution in [2.24, 2.45) is 0 Å². The molecule has 1 aliphatic heterocycles. The summed E-state index contributed by atoms with van der Waals surface area (Å²) >= 11 is 19.0. The predicted molar refractivity (Wildman–Crippen MR) is 149 cm³/mol. The highest BCUT2D eigenvalue weighted by Gasteiger charge is 2.36. The van der Waals surface area contributed by atoms with E-state index in [1.54, 1.807) is 18.2 Å². The van der Waals surface area contributed by atoms with Gasteiger partial charge in [-0.05, 0) is 79.7 Å². The van der Waals surface area contributed by atoms with Crippen molar-refractivity contribution in [1.29, 1.82) is 0 Å². The molecule has 4 rings (SSSR count). The molecule has 0 atom stereocenters. The number of rotatable bonds is 6.